The zero-order valence-electron chi connectivity index (χ0n) is 12.4. The molecule has 112 valence electrons. The van der Waals surface area contributed by atoms with Gasteiger partial charge in [-0.3, -0.25) is 9.59 Å². The summed E-state index contributed by atoms with van der Waals surface area (Å²) in [4.78, 5) is 26.1. The third-order valence-corrected chi connectivity index (χ3v) is 3.57. The van der Waals surface area contributed by atoms with E-state index in [4.69, 9.17) is 4.74 Å². The van der Waals surface area contributed by atoms with Crippen LogP contribution in [0.4, 0.5) is 0 Å². The van der Waals surface area contributed by atoms with Gasteiger partial charge in [-0.1, -0.05) is 12.7 Å². The highest BCUT2D eigenvalue weighted by molar-refractivity contribution is 5.99. The number of hydrogen-bond donors (Lipinski definition) is 1. The van der Waals surface area contributed by atoms with Gasteiger partial charge in [0.15, 0.2) is 0 Å². The van der Waals surface area contributed by atoms with Crippen LogP contribution in [-0.4, -0.2) is 41.9 Å². The van der Waals surface area contributed by atoms with Crippen LogP contribution >= 0.6 is 0 Å². The summed E-state index contributed by atoms with van der Waals surface area (Å²) in [6.45, 7) is 8.49. The number of amides is 2. The monoisotopic (exact) mass is 288 g/mol. The molecule has 1 aliphatic rings. The molecule has 1 saturated heterocycles. The van der Waals surface area contributed by atoms with Gasteiger partial charge in [-0.05, 0) is 38.1 Å². The number of hydrogen-bond acceptors (Lipinski definition) is 3. The molecule has 0 aliphatic carbocycles. The molecule has 5 nitrogen and oxygen atoms in total. The van der Waals surface area contributed by atoms with Crippen LogP contribution in [0.5, 0.6) is 5.75 Å². The van der Waals surface area contributed by atoms with Crippen LogP contribution in [-0.2, 0) is 4.79 Å². The van der Waals surface area contributed by atoms with E-state index in [-0.39, 0.29) is 11.8 Å². The third-order valence-electron chi connectivity index (χ3n) is 3.57. The highest BCUT2D eigenvalue weighted by Crippen LogP contribution is 2.22. The summed E-state index contributed by atoms with van der Waals surface area (Å²) in [5.74, 6) is 0.403. The second-order valence-electron chi connectivity index (χ2n) is 5.40. The molecule has 2 rings (SSSR count). The molecule has 1 heterocycles. The minimum absolute atomic E-state index is 0.131. The highest BCUT2D eigenvalue weighted by atomic mass is 16.5. The lowest BCUT2D eigenvalue weighted by Gasteiger charge is -2.41. The largest absolute Gasteiger partial charge is 0.490 e. The SMILES string of the molecule is C=CCOc1ccc(C(=O)N2CCNC(=O)C2(C)C)cc1. The molecule has 0 unspecified atom stereocenters. The number of carbonyl (C=O) groups excluding carboxylic acids is 2. The first-order chi connectivity index (χ1) is 9.96. The van der Waals surface area contributed by atoms with Crippen LogP contribution in [0.1, 0.15) is 24.2 Å². The van der Waals surface area contributed by atoms with Crippen LogP contribution in [0.2, 0.25) is 0 Å². The van der Waals surface area contributed by atoms with Crippen LogP contribution in [0, 0.1) is 0 Å². The number of nitrogens with one attached hydrogen (secondary N) is 1. The Balaban J connectivity index is 2.15. The van der Waals surface area contributed by atoms with Crippen molar-refractivity contribution in [1.82, 2.24) is 10.2 Å². The predicted octanol–water partition coefficient (Wildman–Crippen LogP) is 1.60. The van der Waals surface area contributed by atoms with Crippen molar-refractivity contribution in [2.24, 2.45) is 0 Å². The summed E-state index contributed by atoms with van der Waals surface area (Å²) < 4.78 is 5.39. The Hall–Kier alpha value is -2.30. The summed E-state index contributed by atoms with van der Waals surface area (Å²) in [7, 11) is 0. The molecule has 1 fully saturated rings. The molecule has 0 aromatic heterocycles. The first kappa shape index (κ1) is 15.1. The molecule has 1 aromatic rings. The van der Waals surface area contributed by atoms with E-state index in [0.29, 0.717) is 31.0 Å². The minimum Gasteiger partial charge on any atom is -0.490 e. The topological polar surface area (TPSA) is 58.6 Å². The zero-order chi connectivity index (χ0) is 15.5. The predicted molar refractivity (Wildman–Crippen MR) is 80.3 cm³/mol. The summed E-state index contributed by atoms with van der Waals surface area (Å²) in [6.07, 6.45) is 1.66. The van der Waals surface area contributed by atoms with Crippen molar-refractivity contribution in [1.29, 1.82) is 0 Å². The lowest BCUT2D eigenvalue weighted by molar-refractivity contribution is -0.133. The molecule has 1 N–H and O–H groups in total. The summed E-state index contributed by atoms with van der Waals surface area (Å²) in [6, 6.07) is 6.91. The second kappa shape index (κ2) is 5.99. The third kappa shape index (κ3) is 3.07. The fourth-order valence-electron chi connectivity index (χ4n) is 2.26. The molecule has 0 atom stereocenters. The van der Waals surface area contributed by atoms with Gasteiger partial charge in [0, 0.05) is 18.7 Å². The van der Waals surface area contributed by atoms with E-state index >= 15 is 0 Å². The van der Waals surface area contributed by atoms with Crippen LogP contribution in [0.15, 0.2) is 36.9 Å². The van der Waals surface area contributed by atoms with Crippen molar-refractivity contribution in [3.05, 3.63) is 42.5 Å². The van der Waals surface area contributed by atoms with Gasteiger partial charge in [0.2, 0.25) is 5.91 Å². The Morgan fingerprint density at radius 2 is 2.10 bits per heavy atom. The van der Waals surface area contributed by atoms with Gasteiger partial charge in [0.05, 0.1) is 0 Å². The van der Waals surface area contributed by atoms with Gasteiger partial charge in [-0.2, -0.15) is 0 Å². The van der Waals surface area contributed by atoms with E-state index in [0.717, 1.165) is 0 Å². The molecule has 0 radical (unpaired) electrons. The fraction of sp³-hybridized carbons (Fsp3) is 0.375. The number of ether oxygens (including phenoxy) is 1. The average Bonchev–Trinajstić information content (AvgIpc) is 2.48. The van der Waals surface area contributed by atoms with Crippen molar-refractivity contribution >= 4 is 11.8 Å². The Kier molecular flexibility index (Phi) is 4.31. The number of nitrogens with zero attached hydrogens (tertiary/aromatic N) is 1. The Morgan fingerprint density at radius 1 is 1.43 bits per heavy atom. The molecule has 0 saturated carbocycles. The Morgan fingerprint density at radius 3 is 2.71 bits per heavy atom. The van der Waals surface area contributed by atoms with E-state index in [9.17, 15) is 9.59 Å². The van der Waals surface area contributed by atoms with Gasteiger partial charge in [0.25, 0.3) is 5.91 Å². The first-order valence-electron chi connectivity index (χ1n) is 6.91. The lowest BCUT2D eigenvalue weighted by Crippen LogP contribution is -2.63. The van der Waals surface area contributed by atoms with Crippen LogP contribution < -0.4 is 10.1 Å². The van der Waals surface area contributed by atoms with E-state index in [1.807, 2.05) is 0 Å². The maximum Gasteiger partial charge on any atom is 0.254 e. The molecule has 1 aromatic carbocycles. The molecule has 2 amide bonds. The smallest absolute Gasteiger partial charge is 0.254 e. The molecular formula is C16H20N2O3. The van der Waals surface area contributed by atoms with Crippen molar-refractivity contribution in [3.8, 4) is 5.75 Å². The van der Waals surface area contributed by atoms with Crippen molar-refractivity contribution < 1.29 is 14.3 Å². The normalized spacial score (nSPS) is 17.0. The standard InChI is InChI=1S/C16H20N2O3/c1-4-11-21-13-7-5-12(6-8-13)14(19)18-10-9-17-15(20)16(18,2)3/h4-8H,1,9-11H2,2-3H3,(H,17,20). The number of carbonyl (C=O) groups is 2. The maximum atomic E-state index is 12.6. The van der Waals surface area contributed by atoms with Crippen molar-refractivity contribution in [3.63, 3.8) is 0 Å². The number of rotatable bonds is 4. The van der Waals surface area contributed by atoms with Crippen LogP contribution in [0.3, 0.4) is 0 Å². The van der Waals surface area contributed by atoms with E-state index in [2.05, 4.69) is 11.9 Å². The molecule has 1 aliphatic heterocycles. The summed E-state index contributed by atoms with van der Waals surface area (Å²) in [5.41, 5.74) is -0.295. The Labute approximate surface area is 124 Å². The molecule has 5 heteroatoms. The quantitative estimate of drug-likeness (QED) is 0.856. The molecule has 21 heavy (non-hydrogen) atoms. The van der Waals surface area contributed by atoms with Gasteiger partial charge >= 0.3 is 0 Å². The van der Waals surface area contributed by atoms with Crippen LogP contribution in [0.25, 0.3) is 0 Å². The van der Waals surface area contributed by atoms with E-state index in [1.54, 1.807) is 49.1 Å². The van der Waals surface area contributed by atoms with Gasteiger partial charge in [0.1, 0.15) is 17.9 Å². The summed E-state index contributed by atoms with van der Waals surface area (Å²) >= 11 is 0. The lowest BCUT2D eigenvalue weighted by atomic mass is 9.97. The average molecular weight is 288 g/mol. The second-order valence-corrected chi connectivity index (χ2v) is 5.40. The van der Waals surface area contributed by atoms with E-state index in [1.165, 1.54) is 0 Å². The van der Waals surface area contributed by atoms with Gasteiger partial charge in [-0.25, -0.2) is 0 Å². The maximum absolute atomic E-state index is 12.6. The highest BCUT2D eigenvalue weighted by Gasteiger charge is 2.40. The van der Waals surface area contributed by atoms with Crippen molar-refractivity contribution in [2.75, 3.05) is 19.7 Å². The fourth-order valence-corrected chi connectivity index (χ4v) is 2.26. The van der Waals surface area contributed by atoms with Gasteiger partial charge in [-0.15, -0.1) is 0 Å². The number of piperazine rings is 1. The van der Waals surface area contributed by atoms with Crippen molar-refractivity contribution in [2.45, 2.75) is 19.4 Å². The molecule has 0 spiro atoms. The summed E-state index contributed by atoms with van der Waals surface area (Å²) in [5, 5.41) is 2.78. The van der Waals surface area contributed by atoms with E-state index < -0.39 is 5.54 Å². The minimum atomic E-state index is -0.840. The molecule has 0 bridgehead atoms. The number of benzene rings is 1. The Bertz CT molecular complexity index is 549. The molecular weight excluding hydrogens is 268 g/mol. The first-order valence-corrected chi connectivity index (χ1v) is 6.91. The zero-order valence-corrected chi connectivity index (χ0v) is 12.4. The van der Waals surface area contributed by atoms with Gasteiger partial charge < -0.3 is 15.0 Å².